The normalized spacial score (nSPS) is 12.2. The van der Waals surface area contributed by atoms with Crippen molar-refractivity contribution in [3.63, 3.8) is 0 Å². The molecule has 2 N–H and O–H groups in total. The third-order valence-corrected chi connectivity index (χ3v) is 4.45. The summed E-state index contributed by atoms with van der Waals surface area (Å²) in [5.74, 6) is 1.27. The third-order valence-electron chi connectivity index (χ3n) is 3.68. The van der Waals surface area contributed by atoms with Gasteiger partial charge in [0.1, 0.15) is 5.75 Å². The number of ether oxygens (including phenoxy) is 1. The van der Waals surface area contributed by atoms with Crippen LogP contribution in [0.1, 0.15) is 29.5 Å². The Bertz CT molecular complexity index is 598. The maximum Gasteiger partial charge on any atom is 0.122 e. The fourth-order valence-corrected chi connectivity index (χ4v) is 2.96. The Morgan fingerprint density at radius 1 is 1.19 bits per heavy atom. The molecule has 112 valence electrons. The number of halogens is 1. The molecule has 0 heterocycles. The average molecular weight is 348 g/mol. The molecular weight excluding hydrogens is 326 g/mol. The average Bonchev–Trinajstić information content (AvgIpc) is 2.49. The molecule has 0 aliphatic carbocycles. The fourth-order valence-electron chi connectivity index (χ4n) is 2.51. The molecule has 0 saturated heterocycles. The second-order valence-electron chi connectivity index (χ2n) is 5.19. The van der Waals surface area contributed by atoms with Gasteiger partial charge in [0.05, 0.1) is 6.61 Å². The van der Waals surface area contributed by atoms with E-state index in [0.717, 1.165) is 16.6 Å². The van der Waals surface area contributed by atoms with Crippen LogP contribution in [0.25, 0.3) is 0 Å². The van der Waals surface area contributed by atoms with Crippen LogP contribution >= 0.6 is 15.9 Å². The Hall–Kier alpha value is -1.32. The molecule has 0 radical (unpaired) electrons. The van der Waals surface area contributed by atoms with Gasteiger partial charge in [-0.2, -0.15) is 0 Å². The molecule has 2 aromatic carbocycles. The molecule has 2 rings (SSSR count). The van der Waals surface area contributed by atoms with Crippen LogP contribution in [0.15, 0.2) is 46.9 Å². The minimum atomic E-state index is 0.318. The monoisotopic (exact) mass is 347 g/mol. The van der Waals surface area contributed by atoms with Gasteiger partial charge in [-0.05, 0) is 55.6 Å². The highest BCUT2D eigenvalue weighted by atomic mass is 79.9. The number of hydrogen-bond donors (Lipinski definition) is 1. The van der Waals surface area contributed by atoms with E-state index in [4.69, 9.17) is 10.5 Å². The van der Waals surface area contributed by atoms with Crippen LogP contribution < -0.4 is 10.5 Å². The molecule has 0 aliphatic heterocycles. The molecule has 0 bridgehead atoms. The summed E-state index contributed by atoms with van der Waals surface area (Å²) in [6.07, 6.45) is 0.936. The Labute approximate surface area is 135 Å². The summed E-state index contributed by atoms with van der Waals surface area (Å²) in [6, 6.07) is 14.7. The number of nitrogens with two attached hydrogens (primary N) is 1. The first kappa shape index (κ1) is 16.1. The van der Waals surface area contributed by atoms with E-state index in [1.807, 2.05) is 13.0 Å². The predicted octanol–water partition coefficient (Wildman–Crippen LogP) is 4.44. The van der Waals surface area contributed by atoms with Crippen LogP contribution in [0.2, 0.25) is 0 Å². The van der Waals surface area contributed by atoms with E-state index in [1.165, 1.54) is 16.7 Å². The molecule has 0 aromatic heterocycles. The Kier molecular flexibility index (Phi) is 5.83. The first-order chi connectivity index (χ1) is 10.2. The Morgan fingerprint density at radius 3 is 2.57 bits per heavy atom. The first-order valence-electron chi connectivity index (χ1n) is 7.32. The van der Waals surface area contributed by atoms with Gasteiger partial charge in [0.25, 0.3) is 0 Å². The summed E-state index contributed by atoms with van der Waals surface area (Å²) in [4.78, 5) is 0. The van der Waals surface area contributed by atoms with Crippen LogP contribution in [0, 0.1) is 6.92 Å². The highest BCUT2D eigenvalue weighted by Crippen LogP contribution is 2.28. The lowest BCUT2D eigenvalue weighted by atomic mass is 9.91. The van der Waals surface area contributed by atoms with Crippen molar-refractivity contribution in [3.05, 3.63) is 63.6 Å². The van der Waals surface area contributed by atoms with E-state index in [0.29, 0.717) is 19.1 Å². The van der Waals surface area contributed by atoms with Crippen LogP contribution in [0.4, 0.5) is 0 Å². The van der Waals surface area contributed by atoms with Gasteiger partial charge in [0.15, 0.2) is 0 Å². The summed E-state index contributed by atoms with van der Waals surface area (Å²) in [6.45, 7) is 5.41. The fraction of sp³-hybridized carbons (Fsp3) is 0.333. The molecule has 1 atom stereocenters. The van der Waals surface area contributed by atoms with E-state index in [2.05, 4.69) is 59.3 Å². The van der Waals surface area contributed by atoms with Gasteiger partial charge in [0, 0.05) is 10.4 Å². The van der Waals surface area contributed by atoms with Crippen molar-refractivity contribution in [3.8, 4) is 5.75 Å². The molecule has 2 aromatic rings. The molecule has 0 spiro atoms. The second kappa shape index (κ2) is 7.62. The van der Waals surface area contributed by atoms with Crippen molar-refractivity contribution in [2.45, 2.75) is 26.2 Å². The number of benzene rings is 2. The van der Waals surface area contributed by atoms with Gasteiger partial charge < -0.3 is 10.5 Å². The minimum absolute atomic E-state index is 0.318. The Balaban J connectivity index is 2.21. The van der Waals surface area contributed by atoms with Gasteiger partial charge in [-0.25, -0.2) is 0 Å². The molecule has 0 aliphatic rings. The largest absolute Gasteiger partial charge is 0.494 e. The maximum absolute atomic E-state index is 6.00. The topological polar surface area (TPSA) is 35.2 Å². The standard InChI is InChI=1S/C18H22BrNO/c1-3-21-18-9-8-14(10-13(18)2)16(12-20)11-15-6-4-5-7-17(15)19/h4-10,16H,3,11-12,20H2,1-2H3. The van der Waals surface area contributed by atoms with Gasteiger partial charge in [-0.1, -0.05) is 46.3 Å². The molecule has 0 saturated carbocycles. The quantitative estimate of drug-likeness (QED) is 0.838. The zero-order valence-corrected chi connectivity index (χ0v) is 14.2. The van der Waals surface area contributed by atoms with Gasteiger partial charge in [-0.15, -0.1) is 0 Å². The number of hydrogen-bond acceptors (Lipinski definition) is 2. The van der Waals surface area contributed by atoms with Crippen LogP contribution in [-0.2, 0) is 6.42 Å². The summed E-state index contributed by atoms with van der Waals surface area (Å²) in [5, 5.41) is 0. The summed E-state index contributed by atoms with van der Waals surface area (Å²) >= 11 is 3.61. The molecule has 3 heteroatoms. The molecular formula is C18H22BrNO. The van der Waals surface area contributed by atoms with E-state index >= 15 is 0 Å². The molecule has 21 heavy (non-hydrogen) atoms. The second-order valence-corrected chi connectivity index (χ2v) is 6.04. The minimum Gasteiger partial charge on any atom is -0.494 e. The SMILES string of the molecule is CCOc1ccc(C(CN)Cc2ccccc2Br)cc1C. The van der Waals surface area contributed by atoms with E-state index in [-0.39, 0.29) is 0 Å². The summed E-state index contributed by atoms with van der Waals surface area (Å²) in [7, 11) is 0. The number of aryl methyl sites for hydroxylation is 1. The molecule has 1 unspecified atom stereocenters. The van der Waals surface area contributed by atoms with E-state index < -0.39 is 0 Å². The highest BCUT2D eigenvalue weighted by Gasteiger charge is 2.13. The van der Waals surface area contributed by atoms with Crippen molar-refractivity contribution in [1.29, 1.82) is 0 Å². The predicted molar refractivity (Wildman–Crippen MR) is 92.0 cm³/mol. The summed E-state index contributed by atoms with van der Waals surface area (Å²) in [5.41, 5.74) is 9.73. The zero-order chi connectivity index (χ0) is 15.2. The van der Waals surface area contributed by atoms with Gasteiger partial charge in [-0.3, -0.25) is 0 Å². The molecule has 0 fully saturated rings. The lowest BCUT2D eigenvalue weighted by molar-refractivity contribution is 0.337. The first-order valence-corrected chi connectivity index (χ1v) is 8.11. The lowest BCUT2D eigenvalue weighted by Gasteiger charge is -2.18. The van der Waals surface area contributed by atoms with Gasteiger partial charge in [0.2, 0.25) is 0 Å². The van der Waals surface area contributed by atoms with Crippen molar-refractivity contribution in [2.75, 3.05) is 13.2 Å². The maximum atomic E-state index is 6.00. The molecule has 0 amide bonds. The van der Waals surface area contributed by atoms with Crippen molar-refractivity contribution < 1.29 is 4.74 Å². The lowest BCUT2D eigenvalue weighted by Crippen LogP contribution is -2.15. The summed E-state index contributed by atoms with van der Waals surface area (Å²) < 4.78 is 6.75. The van der Waals surface area contributed by atoms with Crippen LogP contribution in [0.5, 0.6) is 5.75 Å². The smallest absolute Gasteiger partial charge is 0.122 e. The van der Waals surface area contributed by atoms with Crippen molar-refractivity contribution in [1.82, 2.24) is 0 Å². The van der Waals surface area contributed by atoms with E-state index in [9.17, 15) is 0 Å². The third kappa shape index (κ3) is 4.08. The van der Waals surface area contributed by atoms with Crippen molar-refractivity contribution in [2.24, 2.45) is 5.73 Å². The molecule has 2 nitrogen and oxygen atoms in total. The van der Waals surface area contributed by atoms with Crippen LogP contribution in [0.3, 0.4) is 0 Å². The highest BCUT2D eigenvalue weighted by molar-refractivity contribution is 9.10. The van der Waals surface area contributed by atoms with E-state index in [1.54, 1.807) is 0 Å². The van der Waals surface area contributed by atoms with Gasteiger partial charge >= 0.3 is 0 Å². The van der Waals surface area contributed by atoms with Crippen LogP contribution in [-0.4, -0.2) is 13.2 Å². The number of rotatable bonds is 6. The Morgan fingerprint density at radius 2 is 1.95 bits per heavy atom. The van der Waals surface area contributed by atoms with Crippen molar-refractivity contribution >= 4 is 15.9 Å². The zero-order valence-electron chi connectivity index (χ0n) is 12.6.